The van der Waals surface area contributed by atoms with Crippen molar-refractivity contribution < 1.29 is 18.0 Å². The zero-order chi connectivity index (χ0) is 20.5. The minimum atomic E-state index is -4.67. The number of H-pyrrole nitrogens is 1. The molecule has 150 valence electrons. The van der Waals surface area contributed by atoms with Crippen LogP contribution in [0.15, 0.2) is 35.1 Å². The van der Waals surface area contributed by atoms with E-state index in [2.05, 4.69) is 23.2 Å². The third kappa shape index (κ3) is 4.05. The van der Waals surface area contributed by atoms with E-state index in [4.69, 9.17) is 0 Å². The van der Waals surface area contributed by atoms with Crippen molar-refractivity contribution in [3.8, 4) is 0 Å². The molecule has 0 spiro atoms. The van der Waals surface area contributed by atoms with Gasteiger partial charge in [0, 0.05) is 18.8 Å². The van der Waals surface area contributed by atoms with Gasteiger partial charge in [-0.1, -0.05) is 19.1 Å². The Hall–Kier alpha value is -2.77. The predicted molar refractivity (Wildman–Crippen MR) is 101 cm³/mol. The number of carbonyl (C=O) groups is 1. The standard InChI is InChI=1S/C20H22F3N3O2/c1-3-9-26-10-8-15(13-5-4-12(2)11-16(13)26)24-18(27)14-6-7-17(20(21,22)23)25-19(14)28/h4-7,11,15H,3,8-10H2,1-2H3,(H,24,27)(H,25,28). The van der Waals surface area contributed by atoms with Gasteiger partial charge in [0.25, 0.3) is 11.5 Å². The van der Waals surface area contributed by atoms with Gasteiger partial charge in [-0.25, -0.2) is 0 Å². The van der Waals surface area contributed by atoms with E-state index in [-0.39, 0.29) is 11.6 Å². The maximum atomic E-state index is 12.7. The summed E-state index contributed by atoms with van der Waals surface area (Å²) in [5, 5.41) is 2.81. The van der Waals surface area contributed by atoms with E-state index in [1.807, 2.05) is 19.1 Å². The average Bonchev–Trinajstić information content (AvgIpc) is 2.62. The second kappa shape index (κ2) is 7.69. The van der Waals surface area contributed by atoms with Gasteiger partial charge in [-0.2, -0.15) is 13.2 Å². The van der Waals surface area contributed by atoms with Crippen LogP contribution in [0.3, 0.4) is 0 Å². The first-order valence-electron chi connectivity index (χ1n) is 9.17. The van der Waals surface area contributed by atoms with Crippen molar-refractivity contribution in [2.75, 3.05) is 18.0 Å². The summed E-state index contributed by atoms with van der Waals surface area (Å²) in [6, 6.07) is 7.29. The van der Waals surface area contributed by atoms with E-state index in [1.165, 1.54) is 0 Å². The number of amides is 1. The second-order valence-corrected chi connectivity index (χ2v) is 6.98. The minimum absolute atomic E-state index is 0.308. The van der Waals surface area contributed by atoms with E-state index >= 15 is 0 Å². The third-order valence-corrected chi connectivity index (χ3v) is 4.85. The van der Waals surface area contributed by atoms with Crippen molar-refractivity contribution >= 4 is 11.6 Å². The molecule has 0 aliphatic carbocycles. The molecule has 2 N–H and O–H groups in total. The van der Waals surface area contributed by atoms with E-state index in [1.54, 1.807) is 4.98 Å². The first kappa shape index (κ1) is 20.0. The van der Waals surface area contributed by atoms with Crippen molar-refractivity contribution in [1.82, 2.24) is 10.3 Å². The maximum absolute atomic E-state index is 12.7. The lowest BCUT2D eigenvalue weighted by molar-refractivity contribution is -0.141. The topological polar surface area (TPSA) is 65.2 Å². The summed E-state index contributed by atoms with van der Waals surface area (Å²) in [6.07, 6.45) is -3.03. The summed E-state index contributed by atoms with van der Waals surface area (Å²) in [6.45, 7) is 5.74. The molecule has 0 radical (unpaired) electrons. The molecule has 1 aromatic heterocycles. The summed E-state index contributed by atoms with van der Waals surface area (Å²) in [4.78, 5) is 28.5. The van der Waals surface area contributed by atoms with E-state index in [9.17, 15) is 22.8 Å². The second-order valence-electron chi connectivity index (χ2n) is 6.98. The highest BCUT2D eigenvalue weighted by Gasteiger charge is 2.33. The third-order valence-electron chi connectivity index (χ3n) is 4.85. The number of fused-ring (bicyclic) bond motifs is 1. The van der Waals surface area contributed by atoms with Crippen LogP contribution < -0.4 is 15.8 Å². The van der Waals surface area contributed by atoms with Gasteiger partial charge in [-0.15, -0.1) is 0 Å². The monoisotopic (exact) mass is 393 g/mol. The molecule has 1 aromatic carbocycles. The van der Waals surface area contributed by atoms with Crippen molar-refractivity contribution in [3.05, 3.63) is 63.1 Å². The number of carbonyl (C=O) groups excluding carboxylic acids is 1. The Kier molecular flexibility index (Phi) is 5.49. The van der Waals surface area contributed by atoms with E-state index in [0.29, 0.717) is 12.5 Å². The quantitative estimate of drug-likeness (QED) is 0.831. The van der Waals surface area contributed by atoms with E-state index < -0.39 is 23.3 Å². The first-order valence-corrected chi connectivity index (χ1v) is 9.17. The van der Waals surface area contributed by atoms with Gasteiger partial charge >= 0.3 is 6.18 Å². The van der Waals surface area contributed by atoms with Crippen molar-refractivity contribution in [1.29, 1.82) is 0 Å². The highest BCUT2D eigenvalue weighted by Crippen LogP contribution is 2.35. The fourth-order valence-corrected chi connectivity index (χ4v) is 3.49. The molecule has 1 unspecified atom stereocenters. The smallest absolute Gasteiger partial charge is 0.371 e. The van der Waals surface area contributed by atoms with Crippen molar-refractivity contribution in [2.24, 2.45) is 0 Å². The Labute approximate surface area is 160 Å². The summed E-state index contributed by atoms with van der Waals surface area (Å²) >= 11 is 0. The predicted octanol–water partition coefficient (Wildman–Crippen LogP) is 3.79. The molecule has 5 nitrogen and oxygen atoms in total. The van der Waals surface area contributed by atoms with Gasteiger partial charge in [0.05, 0.1) is 6.04 Å². The molecule has 0 saturated carbocycles. The van der Waals surface area contributed by atoms with Gasteiger partial charge in [0.15, 0.2) is 0 Å². The number of aromatic nitrogens is 1. The van der Waals surface area contributed by atoms with Crippen LogP contribution in [-0.4, -0.2) is 24.0 Å². The number of aromatic amines is 1. The lowest BCUT2D eigenvalue weighted by atomic mass is 9.94. The number of hydrogen-bond acceptors (Lipinski definition) is 3. The fraction of sp³-hybridized carbons (Fsp3) is 0.400. The van der Waals surface area contributed by atoms with Gasteiger partial charge < -0.3 is 15.2 Å². The number of anilines is 1. The van der Waals surface area contributed by atoms with Gasteiger partial charge in [-0.3, -0.25) is 9.59 Å². The number of alkyl halides is 3. The number of nitrogens with zero attached hydrogens (tertiary/aromatic N) is 1. The summed E-state index contributed by atoms with van der Waals surface area (Å²) in [7, 11) is 0. The Balaban J connectivity index is 1.85. The molecule has 8 heteroatoms. The number of hydrogen-bond donors (Lipinski definition) is 2. The zero-order valence-electron chi connectivity index (χ0n) is 15.7. The number of aryl methyl sites for hydroxylation is 1. The Morgan fingerprint density at radius 3 is 2.68 bits per heavy atom. The molecule has 1 atom stereocenters. The SMILES string of the molecule is CCCN1CCC(NC(=O)c2ccc(C(F)(F)F)[nH]c2=O)c2ccc(C)cc21. The van der Waals surface area contributed by atoms with Gasteiger partial charge in [0.1, 0.15) is 11.3 Å². The summed E-state index contributed by atoms with van der Waals surface area (Å²) < 4.78 is 38.1. The van der Waals surface area contributed by atoms with Crippen LogP contribution in [-0.2, 0) is 6.18 Å². The maximum Gasteiger partial charge on any atom is 0.431 e. The molecular weight excluding hydrogens is 371 g/mol. The van der Waals surface area contributed by atoms with Gasteiger partial charge in [0.2, 0.25) is 0 Å². The lowest BCUT2D eigenvalue weighted by Crippen LogP contribution is -2.39. The largest absolute Gasteiger partial charge is 0.431 e. The molecule has 0 fully saturated rings. The number of rotatable bonds is 4. The van der Waals surface area contributed by atoms with Crippen LogP contribution >= 0.6 is 0 Å². The van der Waals surface area contributed by atoms with Crippen molar-refractivity contribution in [3.63, 3.8) is 0 Å². The minimum Gasteiger partial charge on any atom is -0.371 e. The normalized spacial score (nSPS) is 16.6. The van der Waals surface area contributed by atoms with Crippen LogP contribution in [0.1, 0.15) is 53.0 Å². The first-order chi connectivity index (χ1) is 13.2. The molecule has 1 aliphatic rings. The molecule has 0 bridgehead atoms. The molecule has 1 amide bonds. The van der Waals surface area contributed by atoms with E-state index in [0.717, 1.165) is 42.4 Å². The molecule has 0 saturated heterocycles. The molecule has 2 heterocycles. The number of pyridine rings is 1. The molecule has 1 aliphatic heterocycles. The highest BCUT2D eigenvalue weighted by atomic mass is 19.4. The Bertz CT molecular complexity index is 937. The van der Waals surface area contributed by atoms with Crippen LogP contribution in [0.25, 0.3) is 0 Å². The Morgan fingerprint density at radius 1 is 1.29 bits per heavy atom. The van der Waals surface area contributed by atoms with Crippen LogP contribution in [0.5, 0.6) is 0 Å². The molecule has 3 rings (SSSR count). The van der Waals surface area contributed by atoms with Crippen molar-refractivity contribution in [2.45, 2.75) is 38.9 Å². The van der Waals surface area contributed by atoms with Gasteiger partial charge in [-0.05, 0) is 49.1 Å². The summed E-state index contributed by atoms with van der Waals surface area (Å²) in [5.74, 6) is -0.685. The molecule has 28 heavy (non-hydrogen) atoms. The Morgan fingerprint density at radius 2 is 2.04 bits per heavy atom. The van der Waals surface area contributed by atoms with Crippen LogP contribution in [0.4, 0.5) is 18.9 Å². The number of halogens is 3. The van der Waals surface area contributed by atoms with Crippen LogP contribution in [0.2, 0.25) is 0 Å². The number of benzene rings is 1. The molecular formula is C20H22F3N3O2. The summed E-state index contributed by atoms with van der Waals surface area (Å²) in [5.41, 5.74) is 0.521. The highest BCUT2D eigenvalue weighted by molar-refractivity contribution is 5.94. The number of nitrogens with one attached hydrogen (secondary N) is 2. The van der Waals surface area contributed by atoms with Crippen LogP contribution in [0, 0.1) is 6.92 Å². The molecule has 2 aromatic rings. The zero-order valence-corrected chi connectivity index (χ0v) is 15.7. The average molecular weight is 393 g/mol. The lowest BCUT2D eigenvalue weighted by Gasteiger charge is -2.36. The fourth-order valence-electron chi connectivity index (χ4n) is 3.49.